The lowest BCUT2D eigenvalue weighted by Gasteiger charge is -2.22. The number of nitrogens with one attached hydrogen (secondary N) is 1. The van der Waals surface area contributed by atoms with E-state index in [4.69, 9.17) is 16.3 Å². The number of benzene rings is 2. The Balaban J connectivity index is 2.11. The van der Waals surface area contributed by atoms with Crippen molar-refractivity contribution in [3.05, 3.63) is 70.7 Å². The molecule has 0 unspecified atom stereocenters. The Morgan fingerprint density at radius 3 is 2.36 bits per heavy atom. The number of carbonyl (C=O) groups is 2. The third-order valence-electron chi connectivity index (χ3n) is 3.70. The van der Waals surface area contributed by atoms with Crippen LogP contribution in [0.1, 0.15) is 28.9 Å². The van der Waals surface area contributed by atoms with E-state index in [9.17, 15) is 14.7 Å². The summed E-state index contributed by atoms with van der Waals surface area (Å²) in [7, 11) is 0. The van der Waals surface area contributed by atoms with Crippen LogP contribution in [0.2, 0.25) is 5.02 Å². The van der Waals surface area contributed by atoms with Gasteiger partial charge in [0.2, 0.25) is 0 Å². The van der Waals surface area contributed by atoms with Gasteiger partial charge >= 0.3 is 5.97 Å². The minimum atomic E-state index is -1.12. The van der Waals surface area contributed by atoms with Crippen LogP contribution in [0.4, 0.5) is 0 Å². The van der Waals surface area contributed by atoms with Crippen LogP contribution in [0.15, 0.2) is 54.6 Å². The first kappa shape index (κ1) is 19.0. The minimum Gasteiger partial charge on any atom is -0.466 e. The summed E-state index contributed by atoms with van der Waals surface area (Å²) >= 11 is 5.85. The Hall–Kier alpha value is -2.37. The average molecular weight is 362 g/mol. The summed E-state index contributed by atoms with van der Waals surface area (Å²) in [6, 6.07) is 15.2. The molecule has 0 saturated heterocycles. The van der Waals surface area contributed by atoms with E-state index < -0.39 is 18.0 Å². The molecule has 2 aromatic rings. The number of amides is 1. The van der Waals surface area contributed by atoms with Crippen molar-refractivity contribution in [2.45, 2.75) is 13.0 Å². The standard InChI is InChI=1S/C19H20ClNO4/c1-2-25-19(24)16(17(22)13-8-10-15(20)11-9-13)12-21-18(23)14-6-4-3-5-7-14/h3-11,16-17,22H,2,12H2,1H3,(H,21,23)/t16-,17-/m1/s1. The third kappa shape index (κ3) is 5.31. The van der Waals surface area contributed by atoms with Crippen molar-refractivity contribution in [3.63, 3.8) is 0 Å². The molecule has 0 fully saturated rings. The van der Waals surface area contributed by atoms with E-state index in [-0.39, 0.29) is 19.1 Å². The summed E-state index contributed by atoms with van der Waals surface area (Å²) < 4.78 is 5.03. The Labute approximate surface area is 151 Å². The molecule has 0 radical (unpaired) electrons. The first-order chi connectivity index (χ1) is 12.0. The number of carbonyl (C=O) groups excluding carboxylic acids is 2. The van der Waals surface area contributed by atoms with Crippen LogP contribution in [0, 0.1) is 5.92 Å². The van der Waals surface area contributed by atoms with E-state index in [2.05, 4.69) is 5.32 Å². The molecule has 6 heteroatoms. The van der Waals surface area contributed by atoms with Gasteiger partial charge in [-0.1, -0.05) is 41.9 Å². The normalized spacial score (nSPS) is 12.9. The highest BCUT2D eigenvalue weighted by Gasteiger charge is 2.30. The lowest BCUT2D eigenvalue weighted by atomic mass is 9.95. The van der Waals surface area contributed by atoms with Gasteiger partial charge in [-0.05, 0) is 36.8 Å². The SMILES string of the molecule is CCOC(=O)[C@H](CNC(=O)c1ccccc1)[C@H](O)c1ccc(Cl)cc1. The fourth-order valence-corrected chi connectivity index (χ4v) is 2.49. The van der Waals surface area contributed by atoms with E-state index in [1.165, 1.54) is 0 Å². The smallest absolute Gasteiger partial charge is 0.313 e. The third-order valence-corrected chi connectivity index (χ3v) is 3.95. The highest BCUT2D eigenvalue weighted by Crippen LogP contribution is 2.24. The van der Waals surface area contributed by atoms with Gasteiger partial charge in [0.25, 0.3) is 5.91 Å². The Morgan fingerprint density at radius 1 is 1.12 bits per heavy atom. The lowest BCUT2D eigenvalue weighted by Crippen LogP contribution is -2.37. The number of halogens is 1. The second-order valence-corrected chi connectivity index (χ2v) is 5.87. The van der Waals surface area contributed by atoms with E-state index >= 15 is 0 Å². The first-order valence-electron chi connectivity index (χ1n) is 7.96. The second-order valence-electron chi connectivity index (χ2n) is 5.43. The van der Waals surface area contributed by atoms with Crippen molar-refractivity contribution in [3.8, 4) is 0 Å². The Kier molecular flexibility index (Phi) is 6.98. The predicted molar refractivity (Wildman–Crippen MR) is 95.3 cm³/mol. The molecule has 0 aliphatic heterocycles. The molecule has 1 amide bonds. The maximum Gasteiger partial charge on any atom is 0.313 e. The fourth-order valence-electron chi connectivity index (χ4n) is 2.36. The van der Waals surface area contributed by atoms with Gasteiger partial charge < -0.3 is 15.2 Å². The van der Waals surface area contributed by atoms with Gasteiger partial charge in [-0.15, -0.1) is 0 Å². The monoisotopic (exact) mass is 361 g/mol. The zero-order valence-electron chi connectivity index (χ0n) is 13.8. The van der Waals surface area contributed by atoms with Gasteiger partial charge in [0.05, 0.1) is 12.7 Å². The van der Waals surface area contributed by atoms with Crippen molar-refractivity contribution in [1.29, 1.82) is 0 Å². The fraction of sp³-hybridized carbons (Fsp3) is 0.263. The van der Waals surface area contributed by atoms with E-state index in [1.807, 2.05) is 6.07 Å². The number of hydrogen-bond acceptors (Lipinski definition) is 4. The number of ether oxygens (including phenoxy) is 1. The molecule has 0 aromatic heterocycles. The van der Waals surface area contributed by atoms with Gasteiger partial charge in [-0.3, -0.25) is 9.59 Å². The summed E-state index contributed by atoms with van der Waals surface area (Å²) in [6.45, 7) is 1.83. The van der Waals surface area contributed by atoms with Crippen LogP contribution in [0.25, 0.3) is 0 Å². The molecule has 0 aliphatic carbocycles. The molecular formula is C19H20ClNO4. The molecule has 0 bridgehead atoms. The molecule has 0 heterocycles. The molecular weight excluding hydrogens is 342 g/mol. The Bertz CT molecular complexity index is 703. The van der Waals surface area contributed by atoms with E-state index in [1.54, 1.807) is 55.5 Å². The highest BCUT2D eigenvalue weighted by molar-refractivity contribution is 6.30. The summed E-state index contributed by atoms with van der Waals surface area (Å²) in [5.74, 6) is -1.81. The zero-order valence-corrected chi connectivity index (χ0v) is 14.6. The van der Waals surface area contributed by atoms with Crippen LogP contribution in [-0.2, 0) is 9.53 Å². The van der Waals surface area contributed by atoms with Crippen molar-refractivity contribution < 1.29 is 19.4 Å². The maximum absolute atomic E-state index is 12.2. The van der Waals surface area contributed by atoms with Crippen LogP contribution in [0.3, 0.4) is 0 Å². The predicted octanol–water partition coefficient (Wildman–Crippen LogP) is 2.98. The lowest BCUT2D eigenvalue weighted by molar-refractivity contribution is -0.151. The minimum absolute atomic E-state index is 0.0453. The topological polar surface area (TPSA) is 75.6 Å². The summed E-state index contributed by atoms with van der Waals surface area (Å²) in [5.41, 5.74) is 1.00. The molecule has 2 aromatic carbocycles. The number of aliphatic hydroxyl groups excluding tert-OH is 1. The summed E-state index contributed by atoms with van der Waals surface area (Å²) in [4.78, 5) is 24.4. The first-order valence-corrected chi connectivity index (χ1v) is 8.34. The second kappa shape index (κ2) is 9.20. The quantitative estimate of drug-likeness (QED) is 0.743. The molecule has 0 saturated carbocycles. The average Bonchev–Trinajstić information content (AvgIpc) is 2.63. The largest absolute Gasteiger partial charge is 0.466 e. The molecule has 0 spiro atoms. The van der Waals surface area contributed by atoms with Crippen molar-refractivity contribution in [2.24, 2.45) is 5.92 Å². The van der Waals surface area contributed by atoms with Gasteiger partial charge in [0.15, 0.2) is 0 Å². The number of hydrogen-bond donors (Lipinski definition) is 2. The van der Waals surface area contributed by atoms with E-state index in [0.717, 1.165) is 0 Å². The Morgan fingerprint density at radius 2 is 1.76 bits per heavy atom. The molecule has 0 aliphatic rings. The summed E-state index contributed by atoms with van der Waals surface area (Å²) in [5, 5.41) is 13.8. The molecule has 25 heavy (non-hydrogen) atoms. The van der Waals surface area contributed by atoms with Crippen LogP contribution in [-0.4, -0.2) is 30.1 Å². The molecule has 2 N–H and O–H groups in total. The zero-order chi connectivity index (χ0) is 18.2. The van der Waals surface area contributed by atoms with Gasteiger partial charge in [0, 0.05) is 17.1 Å². The van der Waals surface area contributed by atoms with Crippen molar-refractivity contribution in [2.75, 3.05) is 13.2 Å². The van der Waals surface area contributed by atoms with Gasteiger partial charge in [-0.2, -0.15) is 0 Å². The number of esters is 1. The number of aliphatic hydroxyl groups is 1. The van der Waals surface area contributed by atoms with Crippen LogP contribution >= 0.6 is 11.6 Å². The van der Waals surface area contributed by atoms with E-state index in [0.29, 0.717) is 16.1 Å². The van der Waals surface area contributed by atoms with Gasteiger partial charge in [-0.25, -0.2) is 0 Å². The highest BCUT2D eigenvalue weighted by atomic mass is 35.5. The van der Waals surface area contributed by atoms with Crippen LogP contribution < -0.4 is 5.32 Å². The van der Waals surface area contributed by atoms with Crippen molar-refractivity contribution in [1.82, 2.24) is 5.32 Å². The maximum atomic E-state index is 12.2. The van der Waals surface area contributed by atoms with Crippen LogP contribution in [0.5, 0.6) is 0 Å². The molecule has 132 valence electrons. The molecule has 5 nitrogen and oxygen atoms in total. The summed E-state index contributed by atoms with van der Waals surface area (Å²) in [6.07, 6.45) is -1.12. The van der Waals surface area contributed by atoms with Crippen molar-refractivity contribution >= 4 is 23.5 Å². The van der Waals surface area contributed by atoms with Gasteiger partial charge in [0.1, 0.15) is 5.92 Å². The number of rotatable bonds is 7. The molecule has 2 rings (SSSR count). The molecule has 2 atom stereocenters.